The second-order valence-corrected chi connectivity index (χ2v) is 7.16. The number of nitrogens with zero attached hydrogens (tertiary/aromatic N) is 2. The number of hydrogen-bond acceptors (Lipinski definition) is 7. The van der Waals surface area contributed by atoms with Crippen molar-refractivity contribution in [2.45, 2.75) is 32.2 Å². The summed E-state index contributed by atoms with van der Waals surface area (Å²) >= 11 is 0. The molecule has 0 amide bonds. The fourth-order valence-corrected chi connectivity index (χ4v) is 3.77. The van der Waals surface area contributed by atoms with E-state index in [4.69, 9.17) is 4.74 Å². The summed E-state index contributed by atoms with van der Waals surface area (Å²) in [5.74, 6) is -1.15. The normalized spacial score (nSPS) is 17.6. The lowest BCUT2D eigenvalue weighted by Crippen LogP contribution is -2.44. The molecule has 0 saturated heterocycles. The van der Waals surface area contributed by atoms with Crippen LogP contribution in [0.1, 0.15) is 43.5 Å². The summed E-state index contributed by atoms with van der Waals surface area (Å²) < 4.78 is 4.73. The molecule has 0 aliphatic carbocycles. The van der Waals surface area contributed by atoms with Crippen molar-refractivity contribution in [2.24, 2.45) is 0 Å². The molecule has 0 aromatic heterocycles. The number of fused-ring (bicyclic) bond motifs is 1. The number of carbonyl (C=O) groups is 1. The van der Waals surface area contributed by atoms with Crippen molar-refractivity contribution in [3.8, 4) is 0 Å². The molecule has 2 aromatic carbocycles. The summed E-state index contributed by atoms with van der Waals surface area (Å²) in [5.41, 5.74) is -0.195. The lowest BCUT2D eigenvalue weighted by molar-refractivity contribution is -0.516. The van der Waals surface area contributed by atoms with Gasteiger partial charge in [0, 0.05) is 34.3 Å². The summed E-state index contributed by atoms with van der Waals surface area (Å²) in [4.78, 5) is 48.8. The summed E-state index contributed by atoms with van der Waals surface area (Å²) in [6, 6.07) is 5.69. The van der Waals surface area contributed by atoms with Crippen LogP contribution in [-0.4, -0.2) is 24.5 Å². The number of anilines is 1. The van der Waals surface area contributed by atoms with Crippen LogP contribution >= 0.6 is 0 Å². The van der Waals surface area contributed by atoms with E-state index < -0.39 is 38.8 Å². The van der Waals surface area contributed by atoms with Crippen molar-refractivity contribution in [2.75, 3.05) is 18.6 Å². The van der Waals surface area contributed by atoms with E-state index in [9.17, 15) is 24.5 Å². The molecule has 1 atom stereocenters. The Kier molecular flexibility index (Phi) is 4.66. The van der Waals surface area contributed by atoms with Gasteiger partial charge in [0.2, 0.25) is 10.9 Å². The maximum Gasteiger partial charge on any atom is 0.386 e. The predicted molar refractivity (Wildman–Crippen MR) is 104 cm³/mol. The van der Waals surface area contributed by atoms with Crippen LogP contribution in [0.2, 0.25) is 0 Å². The van der Waals surface area contributed by atoms with Gasteiger partial charge in [-0.1, -0.05) is 32.0 Å². The molecule has 8 heteroatoms. The van der Waals surface area contributed by atoms with E-state index in [2.05, 4.69) is 0 Å². The number of esters is 1. The van der Waals surface area contributed by atoms with E-state index in [0.29, 0.717) is 5.70 Å². The monoisotopic (exact) mass is 384 g/mol. The van der Waals surface area contributed by atoms with Gasteiger partial charge in [0.15, 0.2) is 0 Å². The average Bonchev–Trinajstić information content (AvgIpc) is 2.84. The smallest absolute Gasteiger partial charge is 0.386 e. The molecule has 0 fully saturated rings. The SMILES string of the molecule is CCOC(=O)C(c1c(C=C2N(C)c3ccccc3C2(C)C)c(=O)c1=O)[N+](=O)[O-]. The van der Waals surface area contributed by atoms with E-state index in [0.717, 1.165) is 11.3 Å². The van der Waals surface area contributed by atoms with Gasteiger partial charge < -0.3 is 9.64 Å². The van der Waals surface area contributed by atoms with Crippen molar-refractivity contribution in [1.82, 2.24) is 0 Å². The highest BCUT2D eigenvalue weighted by atomic mass is 16.6. The molecule has 0 N–H and O–H groups in total. The first-order chi connectivity index (χ1) is 13.1. The second-order valence-electron chi connectivity index (χ2n) is 7.16. The molecule has 0 radical (unpaired) electrons. The Morgan fingerprint density at radius 3 is 2.50 bits per heavy atom. The average molecular weight is 384 g/mol. The van der Waals surface area contributed by atoms with Crippen molar-refractivity contribution >= 4 is 17.7 Å². The molecule has 146 valence electrons. The number of carbonyl (C=O) groups excluding carboxylic acids is 1. The van der Waals surface area contributed by atoms with Crippen molar-refractivity contribution in [3.05, 3.63) is 77.2 Å². The number of nitro groups is 1. The predicted octanol–water partition coefficient (Wildman–Crippen LogP) is 1.93. The van der Waals surface area contributed by atoms with Crippen LogP contribution in [-0.2, 0) is 14.9 Å². The maximum absolute atomic E-state index is 12.2. The molecule has 1 aliphatic heterocycles. The molecule has 8 nitrogen and oxygen atoms in total. The molecule has 1 heterocycles. The molecule has 3 rings (SSSR count). The Hall–Kier alpha value is -3.29. The number of benzene rings is 1. The first-order valence-electron chi connectivity index (χ1n) is 8.81. The minimum absolute atomic E-state index is 0.0694. The maximum atomic E-state index is 12.2. The summed E-state index contributed by atoms with van der Waals surface area (Å²) in [5, 5.41) is 11.4. The van der Waals surface area contributed by atoms with Crippen molar-refractivity contribution < 1.29 is 14.5 Å². The molecule has 0 saturated carbocycles. The zero-order chi connectivity index (χ0) is 20.8. The Morgan fingerprint density at radius 1 is 1.29 bits per heavy atom. The zero-order valence-corrected chi connectivity index (χ0v) is 16.0. The van der Waals surface area contributed by atoms with Crippen LogP contribution in [0.5, 0.6) is 0 Å². The van der Waals surface area contributed by atoms with E-state index in [1.807, 2.05) is 50.1 Å². The lowest BCUT2D eigenvalue weighted by Gasteiger charge is -2.25. The van der Waals surface area contributed by atoms with Crippen LogP contribution < -0.4 is 15.8 Å². The van der Waals surface area contributed by atoms with Gasteiger partial charge in [-0.25, -0.2) is 4.79 Å². The van der Waals surface area contributed by atoms with E-state index in [1.54, 1.807) is 0 Å². The fourth-order valence-electron chi connectivity index (χ4n) is 3.77. The third-order valence-electron chi connectivity index (χ3n) is 5.20. The van der Waals surface area contributed by atoms with Gasteiger partial charge in [0.05, 0.1) is 12.2 Å². The quantitative estimate of drug-likeness (QED) is 0.335. The van der Waals surface area contributed by atoms with Crippen molar-refractivity contribution in [3.63, 3.8) is 0 Å². The molecule has 0 spiro atoms. The standard InChI is InChI=1S/C20H20N2O6/c1-5-28-19(25)16(22(26)27)15-11(17(23)18(15)24)10-14-20(2,3)12-8-6-7-9-13(12)21(14)4/h6-10,16H,5H2,1-4H3. The topological polar surface area (TPSA) is 107 Å². The van der Waals surface area contributed by atoms with E-state index in [1.165, 1.54) is 13.0 Å². The molecule has 28 heavy (non-hydrogen) atoms. The van der Waals surface area contributed by atoms with Gasteiger partial charge in [-0.3, -0.25) is 19.7 Å². The molecule has 0 bridgehead atoms. The zero-order valence-electron chi connectivity index (χ0n) is 16.0. The number of allylic oxidation sites excluding steroid dienone is 1. The minimum atomic E-state index is -2.01. The Balaban J connectivity index is 2.14. The van der Waals surface area contributed by atoms with E-state index in [-0.39, 0.29) is 12.2 Å². The lowest BCUT2D eigenvalue weighted by atomic mass is 9.82. The van der Waals surface area contributed by atoms with Gasteiger partial charge in [0.25, 0.3) is 0 Å². The van der Waals surface area contributed by atoms with Crippen LogP contribution in [0.4, 0.5) is 5.69 Å². The highest BCUT2D eigenvalue weighted by molar-refractivity contribution is 5.81. The van der Waals surface area contributed by atoms with Gasteiger partial charge in [-0.05, 0) is 24.6 Å². The van der Waals surface area contributed by atoms with Crippen molar-refractivity contribution in [1.29, 1.82) is 0 Å². The Labute approximate surface area is 160 Å². The highest BCUT2D eigenvalue weighted by Crippen LogP contribution is 2.47. The number of para-hydroxylation sites is 1. The third kappa shape index (κ3) is 2.72. The number of ether oxygens (including phenoxy) is 1. The number of rotatable bonds is 5. The number of likely N-dealkylation sites (N-methyl/N-ethyl adjacent to an activating group) is 1. The van der Waals surface area contributed by atoms with Crippen LogP contribution in [0, 0.1) is 10.1 Å². The van der Waals surface area contributed by atoms with Gasteiger partial charge >= 0.3 is 12.0 Å². The van der Waals surface area contributed by atoms with E-state index >= 15 is 0 Å². The largest absolute Gasteiger partial charge is 0.461 e. The van der Waals surface area contributed by atoms with Gasteiger partial charge in [0.1, 0.15) is 0 Å². The summed E-state index contributed by atoms with van der Waals surface area (Å²) in [6.45, 7) is 5.36. The number of hydrogen-bond donors (Lipinski definition) is 0. The van der Waals surface area contributed by atoms with Crippen LogP contribution in [0.3, 0.4) is 0 Å². The minimum Gasteiger partial charge on any atom is -0.461 e. The first kappa shape index (κ1) is 19.5. The second kappa shape index (κ2) is 6.70. The third-order valence-corrected chi connectivity index (χ3v) is 5.20. The molecule has 1 aliphatic rings. The first-order valence-corrected chi connectivity index (χ1v) is 8.81. The molecular weight excluding hydrogens is 364 g/mol. The van der Waals surface area contributed by atoms with Crippen LogP contribution in [0.15, 0.2) is 39.6 Å². The van der Waals surface area contributed by atoms with Crippen LogP contribution in [0.25, 0.3) is 6.08 Å². The summed E-state index contributed by atoms with van der Waals surface area (Å²) in [7, 11) is 1.82. The Bertz CT molecular complexity index is 1070. The molecular formula is C20H20N2O6. The molecule has 1 unspecified atom stereocenters. The fraction of sp³-hybridized carbons (Fsp3) is 0.350. The Morgan fingerprint density at radius 2 is 1.93 bits per heavy atom. The highest BCUT2D eigenvalue weighted by Gasteiger charge is 2.44. The van der Waals surface area contributed by atoms with Gasteiger partial charge in [-0.15, -0.1) is 0 Å². The molecule has 2 aromatic rings. The van der Waals surface area contributed by atoms with Gasteiger partial charge in [-0.2, -0.15) is 0 Å². The summed E-state index contributed by atoms with van der Waals surface area (Å²) in [6.07, 6.45) is 1.48.